The number of benzene rings is 10. The van der Waals surface area contributed by atoms with Gasteiger partial charge in [-0.05, 0) is 130 Å². The van der Waals surface area contributed by atoms with Gasteiger partial charge < -0.3 is 19.4 Å². The van der Waals surface area contributed by atoms with Gasteiger partial charge in [-0.2, -0.15) is 0 Å². The van der Waals surface area contributed by atoms with E-state index >= 15 is 0 Å². The van der Waals surface area contributed by atoms with Crippen LogP contribution in [0.5, 0.6) is 0 Å². The van der Waals surface area contributed by atoms with E-state index in [0.717, 1.165) is 139 Å². The number of para-hydroxylation sites is 1. The summed E-state index contributed by atoms with van der Waals surface area (Å²) in [4.78, 5) is 15.2. The third kappa shape index (κ3) is 9.56. The molecular weight excluding hydrogens is 1150 g/mol. The molecule has 0 unspecified atom stereocenters. The maximum atomic E-state index is 6.38. The zero-order valence-electron chi connectivity index (χ0n) is 43.1. The Bertz CT molecular complexity index is 4360. The summed E-state index contributed by atoms with van der Waals surface area (Å²) >= 11 is 0. The van der Waals surface area contributed by atoms with Gasteiger partial charge in [0.2, 0.25) is 0 Å². The number of nitrogens with zero attached hydrogens (tertiary/aromatic N) is 3. The minimum atomic E-state index is 0. The van der Waals surface area contributed by atoms with Crippen LogP contribution in [0.15, 0.2) is 284 Å². The summed E-state index contributed by atoms with van der Waals surface area (Å²) in [6.45, 7) is 0. The summed E-state index contributed by atoms with van der Waals surface area (Å²) < 4.78 is 6.38. The fraction of sp³-hybridized carbons (Fsp3) is 0. The summed E-state index contributed by atoms with van der Waals surface area (Å²) in [6, 6.07) is 101. The van der Waals surface area contributed by atoms with Crippen LogP contribution in [0.3, 0.4) is 0 Å². The van der Waals surface area contributed by atoms with Crippen LogP contribution in [0.25, 0.3) is 145 Å². The average molecular weight is 1200 g/mol. The van der Waals surface area contributed by atoms with E-state index in [2.05, 4.69) is 206 Å². The van der Waals surface area contributed by atoms with Crippen LogP contribution in [-0.2, 0) is 20.1 Å². The molecule has 0 radical (unpaired) electrons. The van der Waals surface area contributed by atoms with Crippen molar-refractivity contribution in [3.8, 4) is 123 Å². The number of rotatable bonds is 11. The summed E-state index contributed by atoms with van der Waals surface area (Å²) in [6.07, 6.45) is 6.00. The zero-order valence-corrected chi connectivity index (χ0v) is 45.5. The molecule has 0 saturated carbocycles. The number of aromatic nitrogens is 3. The van der Waals surface area contributed by atoms with Gasteiger partial charge >= 0.3 is 20.1 Å². The molecule has 4 aromatic heterocycles. The van der Waals surface area contributed by atoms with Crippen molar-refractivity contribution in [3.05, 3.63) is 298 Å². The van der Waals surface area contributed by atoms with Crippen LogP contribution >= 0.6 is 0 Å². The Balaban J connectivity index is 0.00000605. The largest absolute Gasteiger partial charge is 3.00 e. The fourth-order valence-corrected chi connectivity index (χ4v) is 11.0. The molecule has 0 bridgehead atoms. The molecular formula is C75H46IrN3O. The molecule has 14 aromatic rings. The number of fused-ring (bicyclic) bond motifs is 3. The molecule has 80 heavy (non-hydrogen) atoms. The van der Waals surface area contributed by atoms with Crippen LogP contribution < -0.4 is 0 Å². The van der Waals surface area contributed by atoms with Gasteiger partial charge in [0, 0.05) is 24.2 Å². The Morgan fingerprint density at radius 3 is 1.29 bits per heavy atom. The molecule has 0 amide bonds. The molecule has 14 rings (SSSR count). The van der Waals surface area contributed by atoms with Gasteiger partial charge in [0.25, 0.3) is 0 Å². The van der Waals surface area contributed by atoms with Crippen LogP contribution in [0, 0.1) is 18.2 Å². The molecule has 0 aliphatic heterocycles. The molecule has 0 N–H and O–H groups in total. The van der Waals surface area contributed by atoms with Crippen molar-refractivity contribution in [2.45, 2.75) is 0 Å². The molecule has 10 aromatic carbocycles. The van der Waals surface area contributed by atoms with Crippen LogP contribution in [0.4, 0.5) is 0 Å². The van der Waals surface area contributed by atoms with Crippen molar-refractivity contribution in [1.82, 2.24) is 15.0 Å². The molecule has 0 saturated heterocycles. The van der Waals surface area contributed by atoms with Crippen molar-refractivity contribution < 1.29 is 24.5 Å². The van der Waals surface area contributed by atoms with Gasteiger partial charge in [-0.15, -0.1) is 89.5 Å². The maximum Gasteiger partial charge on any atom is 3.00 e. The van der Waals surface area contributed by atoms with Crippen molar-refractivity contribution in [1.29, 1.82) is 0 Å². The second-order valence-electron chi connectivity index (χ2n) is 19.6. The smallest absolute Gasteiger partial charge is 0.476 e. The number of hydrogen-bond donors (Lipinski definition) is 0. The Kier molecular flexibility index (Phi) is 13.6. The summed E-state index contributed by atoms with van der Waals surface area (Å²) in [7, 11) is 0. The van der Waals surface area contributed by atoms with E-state index in [4.69, 9.17) is 19.4 Å². The molecule has 0 fully saturated rings. The summed E-state index contributed by atoms with van der Waals surface area (Å²) in [5, 5.41) is 2.03. The van der Waals surface area contributed by atoms with Crippen LogP contribution in [-0.4, -0.2) is 15.0 Å². The first-order chi connectivity index (χ1) is 39.2. The predicted octanol–water partition coefficient (Wildman–Crippen LogP) is 19.5. The molecule has 0 aliphatic carbocycles. The van der Waals surface area contributed by atoms with Gasteiger partial charge in [0.1, 0.15) is 5.58 Å². The van der Waals surface area contributed by atoms with Crippen LogP contribution in [0.2, 0.25) is 0 Å². The second-order valence-corrected chi connectivity index (χ2v) is 19.6. The zero-order chi connectivity index (χ0) is 52.5. The molecule has 376 valence electrons. The van der Waals surface area contributed by atoms with E-state index in [1.165, 1.54) is 5.56 Å². The minimum absolute atomic E-state index is 0. The maximum absolute atomic E-state index is 6.38. The Morgan fingerprint density at radius 2 is 0.738 bits per heavy atom. The van der Waals surface area contributed by atoms with Crippen molar-refractivity contribution in [2.75, 3.05) is 0 Å². The topological polar surface area (TPSA) is 51.8 Å². The van der Waals surface area contributed by atoms with Gasteiger partial charge in [0.05, 0.1) is 5.58 Å². The normalized spacial score (nSPS) is 11.2. The minimum Gasteiger partial charge on any atom is -0.476 e. The first-order valence-electron chi connectivity index (χ1n) is 26.5. The quantitative estimate of drug-likeness (QED) is 0.121. The third-order valence-electron chi connectivity index (χ3n) is 14.9. The Labute approximate surface area is 478 Å². The molecule has 0 atom stereocenters. The Morgan fingerprint density at radius 1 is 0.275 bits per heavy atom. The summed E-state index contributed by atoms with van der Waals surface area (Å²) in [5.74, 6) is 0. The van der Waals surface area contributed by atoms with E-state index in [1.807, 2.05) is 91.4 Å². The van der Waals surface area contributed by atoms with Crippen molar-refractivity contribution in [3.63, 3.8) is 0 Å². The fourth-order valence-electron chi connectivity index (χ4n) is 11.0. The number of pyridine rings is 3. The van der Waals surface area contributed by atoms with Crippen LogP contribution in [0.1, 0.15) is 0 Å². The average Bonchev–Trinajstić information content (AvgIpc) is 4.03. The van der Waals surface area contributed by atoms with Crippen molar-refractivity contribution >= 4 is 21.9 Å². The first kappa shape index (κ1) is 49.7. The predicted molar refractivity (Wildman–Crippen MR) is 323 cm³/mol. The third-order valence-corrected chi connectivity index (χ3v) is 14.9. The first-order valence-corrected chi connectivity index (χ1v) is 26.5. The summed E-state index contributed by atoms with van der Waals surface area (Å²) in [5.41, 5.74) is 24.2. The SMILES string of the molecule is [Ir+3].[c-]1ccccc1-c1ccc(-c2ccccc2-c2cc(-c3ccccc3-c3ccc(-c4[c-]cccc4)nc3)cc(-c3ccccc3-c3cnc(-c4[c-]ccc5oc6ccccc6c45)cc3-c3ccc(-c4ccccc4)cc3)c2)cn1. The molecule has 0 spiro atoms. The van der Waals surface area contributed by atoms with E-state index in [-0.39, 0.29) is 20.1 Å². The second kappa shape index (κ2) is 21.9. The van der Waals surface area contributed by atoms with Gasteiger partial charge in [0.15, 0.2) is 0 Å². The van der Waals surface area contributed by atoms with Gasteiger partial charge in [-0.1, -0.05) is 187 Å². The molecule has 4 nitrogen and oxygen atoms in total. The van der Waals surface area contributed by atoms with Gasteiger partial charge in [-0.25, -0.2) is 0 Å². The van der Waals surface area contributed by atoms with E-state index in [1.54, 1.807) is 0 Å². The molecule has 5 heteroatoms. The Hall–Kier alpha value is -9.90. The number of furan rings is 1. The van der Waals surface area contributed by atoms with Gasteiger partial charge in [-0.3, -0.25) is 0 Å². The standard InChI is InChI=1S/C75H46N3O.Ir/c1-4-19-50(20-5-1)51-35-37-52(38-36-51)68-46-72(66-32-18-34-74-75(66)67-31-16-17-33-73(67)79-74)78-49-69(68)65-30-15-14-29-64(65)59-44-57(62-27-12-10-25-60(62)55-39-41-70(76-47-55)53-21-6-2-7-22-53)43-58(45-59)63-28-13-11-26-61(63)56-40-42-71(77-48-56)54-23-8-3-9-24-54;/h1-21,23,25-31,33-49H;/q-3;+3. The molecule has 0 aliphatic rings. The molecule has 4 heterocycles. The van der Waals surface area contributed by atoms with E-state index < -0.39 is 0 Å². The van der Waals surface area contributed by atoms with E-state index in [9.17, 15) is 0 Å². The van der Waals surface area contributed by atoms with E-state index in [0.29, 0.717) is 0 Å². The monoisotopic (exact) mass is 1200 g/mol. The number of hydrogen-bond acceptors (Lipinski definition) is 4. The van der Waals surface area contributed by atoms with Crippen molar-refractivity contribution in [2.24, 2.45) is 0 Å².